The van der Waals surface area contributed by atoms with Crippen LogP contribution in [0.15, 0.2) is 11.2 Å². The molecule has 0 radical (unpaired) electrons. The third-order valence-corrected chi connectivity index (χ3v) is 3.50. The molecule has 1 saturated carbocycles. The smallest absolute Gasteiger partial charge is 0.191 e. The molecule has 0 aromatic carbocycles. The van der Waals surface area contributed by atoms with Gasteiger partial charge in [0, 0.05) is 18.7 Å². The summed E-state index contributed by atoms with van der Waals surface area (Å²) in [7, 11) is 0. The van der Waals surface area contributed by atoms with Crippen LogP contribution in [0.4, 0.5) is 11.6 Å². The van der Waals surface area contributed by atoms with Crippen molar-refractivity contribution in [1.82, 2.24) is 9.97 Å². The zero-order valence-electron chi connectivity index (χ0n) is 10.5. The lowest BCUT2D eigenvalue weighted by Gasteiger charge is -2.14. The van der Waals surface area contributed by atoms with E-state index < -0.39 is 0 Å². The second kappa shape index (κ2) is 6.10. The lowest BCUT2D eigenvalue weighted by atomic mass is 10.2. The molecular formula is C12H20N4S. The Hall–Kier alpha value is -0.970. The molecule has 1 aliphatic rings. The van der Waals surface area contributed by atoms with Gasteiger partial charge in [-0.1, -0.05) is 24.6 Å². The van der Waals surface area contributed by atoms with Crippen molar-refractivity contribution in [1.29, 1.82) is 0 Å². The van der Waals surface area contributed by atoms with E-state index in [1.54, 1.807) is 11.8 Å². The van der Waals surface area contributed by atoms with E-state index in [0.29, 0.717) is 6.04 Å². The summed E-state index contributed by atoms with van der Waals surface area (Å²) in [6.07, 6.45) is 7.19. The van der Waals surface area contributed by atoms with E-state index in [1.165, 1.54) is 25.7 Å². The predicted octanol–water partition coefficient (Wildman–Crippen LogP) is 2.98. The number of hydrogen-bond donors (Lipinski definition) is 2. The van der Waals surface area contributed by atoms with Crippen LogP contribution >= 0.6 is 11.8 Å². The number of anilines is 2. The van der Waals surface area contributed by atoms with Crippen LogP contribution < -0.4 is 10.6 Å². The fourth-order valence-electron chi connectivity index (χ4n) is 2.14. The largest absolute Gasteiger partial charge is 0.370 e. The minimum atomic E-state index is 0.592. The average Bonchev–Trinajstić information content (AvgIpc) is 2.82. The van der Waals surface area contributed by atoms with Gasteiger partial charge in [0.05, 0.1) is 0 Å². The van der Waals surface area contributed by atoms with Gasteiger partial charge >= 0.3 is 0 Å². The molecule has 0 bridgehead atoms. The summed E-state index contributed by atoms with van der Waals surface area (Å²) in [5.74, 6) is 1.86. The summed E-state index contributed by atoms with van der Waals surface area (Å²) in [4.78, 5) is 8.92. The fraction of sp³-hybridized carbons (Fsp3) is 0.667. The zero-order chi connectivity index (χ0) is 12.1. The fourth-order valence-corrected chi connectivity index (χ4v) is 2.52. The molecule has 0 amide bonds. The van der Waals surface area contributed by atoms with Crippen LogP contribution in [-0.4, -0.2) is 28.8 Å². The minimum Gasteiger partial charge on any atom is -0.370 e. The first-order valence-electron chi connectivity index (χ1n) is 6.25. The van der Waals surface area contributed by atoms with Crippen molar-refractivity contribution in [3.63, 3.8) is 0 Å². The molecule has 94 valence electrons. The second-order valence-corrected chi connectivity index (χ2v) is 5.05. The van der Waals surface area contributed by atoms with Crippen LogP contribution in [0, 0.1) is 0 Å². The zero-order valence-corrected chi connectivity index (χ0v) is 11.3. The number of nitrogens with one attached hydrogen (secondary N) is 2. The van der Waals surface area contributed by atoms with E-state index in [2.05, 4.69) is 27.5 Å². The first kappa shape index (κ1) is 12.5. The van der Waals surface area contributed by atoms with Crippen molar-refractivity contribution >= 4 is 23.4 Å². The molecule has 17 heavy (non-hydrogen) atoms. The first-order valence-corrected chi connectivity index (χ1v) is 7.47. The van der Waals surface area contributed by atoms with Gasteiger partial charge in [0.25, 0.3) is 0 Å². The van der Waals surface area contributed by atoms with Crippen molar-refractivity contribution in [2.24, 2.45) is 0 Å². The highest BCUT2D eigenvalue weighted by atomic mass is 32.2. The monoisotopic (exact) mass is 252 g/mol. The van der Waals surface area contributed by atoms with E-state index in [-0.39, 0.29) is 0 Å². The maximum atomic E-state index is 4.50. The third kappa shape index (κ3) is 3.49. The van der Waals surface area contributed by atoms with Gasteiger partial charge < -0.3 is 10.6 Å². The SMILES string of the molecule is CCNc1cc(NC2CCCC2)nc(SC)n1. The van der Waals surface area contributed by atoms with Crippen molar-refractivity contribution in [3.05, 3.63) is 6.07 Å². The summed E-state index contributed by atoms with van der Waals surface area (Å²) in [5, 5.41) is 7.58. The molecule has 1 heterocycles. The highest BCUT2D eigenvalue weighted by molar-refractivity contribution is 7.98. The standard InChI is InChI=1S/C12H20N4S/c1-3-13-10-8-11(16-12(15-10)17-2)14-9-6-4-5-7-9/h8-9H,3-7H2,1-2H3,(H2,13,14,15,16). The molecule has 0 aliphatic heterocycles. The first-order chi connectivity index (χ1) is 8.31. The van der Waals surface area contributed by atoms with Crippen molar-refractivity contribution in [2.45, 2.75) is 43.8 Å². The van der Waals surface area contributed by atoms with E-state index >= 15 is 0 Å². The molecule has 1 fully saturated rings. The molecule has 2 rings (SSSR count). The van der Waals surface area contributed by atoms with Crippen LogP contribution in [-0.2, 0) is 0 Å². The number of hydrogen-bond acceptors (Lipinski definition) is 5. The molecule has 1 aliphatic carbocycles. The third-order valence-electron chi connectivity index (χ3n) is 2.95. The number of aromatic nitrogens is 2. The number of rotatable bonds is 5. The van der Waals surface area contributed by atoms with E-state index in [9.17, 15) is 0 Å². The molecular weight excluding hydrogens is 232 g/mol. The lowest BCUT2D eigenvalue weighted by Crippen LogP contribution is -2.16. The van der Waals surface area contributed by atoms with E-state index in [0.717, 1.165) is 23.3 Å². The predicted molar refractivity (Wildman–Crippen MR) is 73.9 cm³/mol. The Morgan fingerprint density at radius 2 is 2.00 bits per heavy atom. The van der Waals surface area contributed by atoms with Gasteiger partial charge in [-0.15, -0.1) is 0 Å². The van der Waals surface area contributed by atoms with Crippen molar-refractivity contribution in [3.8, 4) is 0 Å². The molecule has 5 heteroatoms. The van der Waals surface area contributed by atoms with E-state index in [1.807, 2.05) is 12.3 Å². The van der Waals surface area contributed by atoms with Crippen LogP contribution in [0.5, 0.6) is 0 Å². The Labute approximate surface area is 107 Å². The highest BCUT2D eigenvalue weighted by Gasteiger charge is 2.15. The molecule has 0 atom stereocenters. The van der Waals surface area contributed by atoms with Gasteiger partial charge in [-0.25, -0.2) is 9.97 Å². The van der Waals surface area contributed by atoms with Crippen LogP contribution in [0.3, 0.4) is 0 Å². The molecule has 0 spiro atoms. The summed E-state index contributed by atoms with van der Waals surface area (Å²) >= 11 is 1.58. The molecule has 1 aromatic heterocycles. The van der Waals surface area contributed by atoms with Crippen molar-refractivity contribution < 1.29 is 0 Å². The lowest BCUT2D eigenvalue weighted by molar-refractivity contribution is 0.745. The Morgan fingerprint density at radius 1 is 1.29 bits per heavy atom. The summed E-state index contributed by atoms with van der Waals surface area (Å²) < 4.78 is 0. The van der Waals surface area contributed by atoms with Crippen LogP contribution in [0.2, 0.25) is 0 Å². The quantitative estimate of drug-likeness (QED) is 0.623. The molecule has 2 N–H and O–H groups in total. The molecule has 4 nitrogen and oxygen atoms in total. The summed E-state index contributed by atoms with van der Waals surface area (Å²) in [5.41, 5.74) is 0. The Morgan fingerprint density at radius 3 is 2.65 bits per heavy atom. The summed E-state index contributed by atoms with van der Waals surface area (Å²) in [6.45, 7) is 2.96. The van der Waals surface area contributed by atoms with Gasteiger partial charge in [-0.3, -0.25) is 0 Å². The maximum absolute atomic E-state index is 4.50. The van der Waals surface area contributed by atoms with Gasteiger partial charge in [0.2, 0.25) is 0 Å². The summed E-state index contributed by atoms with van der Waals surface area (Å²) in [6, 6.07) is 2.59. The van der Waals surface area contributed by atoms with Gasteiger partial charge in [-0.2, -0.15) is 0 Å². The minimum absolute atomic E-state index is 0.592. The van der Waals surface area contributed by atoms with Gasteiger partial charge in [0.1, 0.15) is 11.6 Å². The molecule has 0 saturated heterocycles. The topological polar surface area (TPSA) is 49.8 Å². The Kier molecular flexibility index (Phi) is 4.48. The normalized spacial score (nSPS) is 16.1. The van der Waals surface area contributed by atoms with Crippen molar-refractivity contribution in [2.75, 3.05) is 23.4 Å². The van der Waals surface area contributed by atoms with Crippen LogP contribution in [0.25, 0.3) is 0 Å². The number of nitrogens with zero attached hydrogens (tertiary/aromatic N) is 2. The van der Waals surface area contributed by atoms with Gasteiger partial charge in [-0.05, 0) is 26.0 Å². The van der Waals surface area contributed by atoms with E-state index in [4.69, 9.17) is 0 Å². The van der Waals surface area contributed by atoms with Crippen LogP contribution in [0.1, 0.15) is 32.6 Å². The van der Waals surface area contributed by atoms with Gasteiger partial charge in [0.15, 0.2) is 5.16 Å². The average molecular weight is 252 g/mol. The maximum Gasteiger partial charge on any atom is 0.191 e. The highest BCUT2D eigenvalue weighted by Crippen LogP contribution is 2.23. The number of thioether (sulfide) groups is 1. The molecule has 1 aromatic rings. The Balaban J connectivity index is 2.10. The second-order valence-electron chi connectivity index (χ2n) is 4.28. The molecule has 0 unspecified atom stereocenters. The Bertz CT molecular complexity index is 364.